The number of rotatable bonds is 4. The van der Waals surface area contributed by atoms with Crippen molar-refractivity contribution in [2.24, 2.45) is 0 Å². The quantitative estimate of drug-likeness (QED) is 0.775. The Morgan fingerprint density at radius 3 is 3.14 bits per heavy atom. The summed E-state index contributed by atoms with van der Waals surface area (Å²) in [4.78, 5) is 0. The minimum atomic E-state index is 0.252. The molecule has 2 N–H and O–H groups in total. The van der Waals surface area contributed by atoms with Gasteiger partial charge in [0.1, 0.15) is 5.76 Å². The average Bonchev–Trinajstić information content (AvgIpc) is 2.87. The van der Waals surface area contributed by atoms with Crippen LogP contribution in [0.3, 0.4) is 0 Å². The fourth-order valence-corrected chi connectivity index (χ4v) is 1.28. The van der Waals surface area contributed by atoms with E-state index in [-0.39, 0.29) is 6.04 Å². The standard InChI is InChI=1S/C10H13N3O/c1-8(10-4-5-12-13-10)11-7-9-3-2-6-14-9/h2-6,8,11H,7H2,1H3,(H,12,13). The van der Waals surface area contributed by atoms with Crippen LogP contribution in [0.25, 0.3) is 0 Å². The molecule has 2 heterocycles. The van der Waals surface area contributed by atoms with Crippen molar-refractivity contribution in [3.05, 3.63) is 42.1 Å². The van der Waals surface area contributed by atoms with Crippen LogP contribution < -0.4 is 5.32 Å². The highest BCUT2D eigenvalue weighted by atomic mass is 16.3. The third kappa shape index (κ3) is 2.03. The SMILES string of the molecule is CC(NCc1ccco1)c1ccn[nH]1. The number of furan rings is 1. The van der Waals surface area contributed by atoms with Gasteiger partial charge in [0.2, 0.25) is 0 Å². The molecule has 4 heteroatoms. The lowest BCUT2D eigenvalue weighted by atomic mass is 10.2. The van der Waals surface area contributed by atoms with E-state index in [1.54, 1.807) is 12.5 Å². The smallest absolute Gasteiger partial charge is 0.117 e. The first-order valence-corrected chi connectivity index (χ1v) is 4.61. The first kappa shape index (κ1) is 9.02. The summed E-state index contributed by atoms with van der Waals surface area (Å²) in [7, 11) is 0. The van der Waals surface area contributed by atoms with Crippen LogP contribution in [0.4, 0.5) is 0 Å². The molecule has 14 heavy (non-hydrogen) atoms. The lowest BCUT2D eigenvalue weighted by Gasteiger charge is -2.09. The van der Waals surface area contributed by atoms with Crippen molar-refractivity contribution in [1.29, 1.82) is 0 Å². The van der Waals surface area contributed by atoms with Gasteiger partial charge in [0.15, 0.2) is 0 Å². The summed E-state index contributed by atoms with van der Waals surface area (Å²) in [5, 5.41) is 10.1. The molecule has 1 atom stereocenters. The Morgan fingerprint density at radius 1 is 1.57 bits per heavy atom. The maximum Gasteiger partial charge on any atom is 0.117 e. The summed E-state index contributed by atoms with van der Waals surface area (Å²) in [5.41, 5.74) is 1.08. The molecule has 0 fully saturated rings. The van der Waals surface area contributed by atoms with Crippen LogP contribution in [-0.2, 0) is 6.54 Å². The monoisotopic (exact) mass is 191 g/mol. The molecule has 2 aromatic heterocycles. The molecule has 0 aromatic carbocycles. The Labute approximate surface area is 82.3 Å². The first-order chi connectivity index (χ1) is 6.86. The van der Waals surface area contributed by atoms with Crippen molar-refractivity contribution in [3.63, 3.8) is 0 Å². The summed E-state index contributed by atoms with van der Waals surface area (Å²) in [6, 6.07) is 6.05. The van der Waals surface area contributed by atoms with E-state index in [0.717, 1.165) is 18.0 Å². The minimum Gasteiger partial charge on any atom is -0.468 e. The molecule has 0 bridgehead atoms. The van der Waals surface area contributed by atoms with Crippen molar-refractivity contribution in [1.82, 2.24) is 15.5 Å². The van der Waals surface area contributed by atoms with E-state index in [4.69, 9.17) is 4.42 Å². The number of nitrogens with one attached hydrogen (secondary N) is 2. The fraction of sp³-hybridized carbons (Fsp3) is 0.300. The second kappa shape index (κ2) is 4.11. The third-order valence-electron chi connectivity index (χ3n) is 2.15. The van der Waals surface area contributed by atoms with Gasteiger partial charge < -0.3 is 9.73 Å². The van der Waals surface area contributed by atoms with E-state index in [9.17, 15) is 0 Å². The van der Waals surface area contributed by atoms with Crippen LogP contribution in [-0.4, -0.2) is 10.2 Å². The second-order valence-electron chi connectivity index (χ2n) is 3.19. The van der Waals surface area contributed by atoms with Crippen molar-refractivity contribution in [2.45, 2.75) is 19.5 Å². The van der Waals surface area contributed by atoms with Gasteiger partial charge in [0, 0.05) is 12.2 Å². The van der Waals surface area contributed by atoms with Crippen molar-refractivity contribution < 1.29 is 4.42 Å². The molecule has 0 aliphatic carbocycles. The van der Waals surface area contributed by atoms with Crippen LogP contribution in [0.5, 0.6) is 0 Å². The zero-order valence-electron chi connectivity index (χ0n) is 8.03. The summed E-state index contributed by atoms with van der Waals surface area (Å²) in [6.45, 7) is 2.81. The highest BCUT2D eigenvalue weighted by Gasteiger charge is 2.05. The van der Waals surface area contributed by atoms with Crippen LogP contribution in [0.1, 0.15) is 24.4 Å². The van der Waals surface area contributed by atoms with E-state index in [0.29, 0.717) is 0 Å². The highest BCUT2D eigenvalue weighted by molar-refractivity contribution is 5.04. The van der Waals surface area contributed by atoms with Crippen LogP contribution >= 0.6 is 0 Å². The number of H-pyrrole nitrogens is 1. The van der Waals surface area contributed by atoms with Gasteiger partial charge in [-0.15, -0.1) is 0 Å². The molecule has 0 spiro atoms. The molecule has 0 aliphatic rings. The summed E-state index contributed by atoms with van der Waals surface area (Å²) in [5.74, 6) is 0.941. The van der Waals surface area contributed by atoms with Gasteiger partial charge in [-0.3, -0.25) is 5.10 Å². The molecule has 2 aromatic rings. The third-order valence-corrected chi connectivity index (χ3v) is 2.15. The molecule has 1 unspecified atom stereocenters. The summed E-state index contributed by atoms with van der Waals surface area (Å²) >= 11 is 0. The number of nitrogens with zero attached hydrogens (tertiary/aromatic N) is 1. The first-order valence-electron chi connectivity index (χ1n) is 4.61. The Kier molecular flexibility index (Phi) is 2.65. The number of aromatic nitrogens is 2. The molecule has 4 nitrogen and oxygen atoms in total. The summed E-state index contributed by atoms with van der Waals surface area (Å²) in [6.07, 6.45) is 3.43. The zero-order chi connectivity index (χ0) is 9.80. The van der Waals surface area contributed by atoms with Crippen LogP contribution in [0.2, 0.25) is 0 Å². The predicted octanol–water partition coefficient (Wildman–Crippen LogP) is 1.85. The molecule has 0 saturated carbocycles. The Bertz CT molecular complexity index is 353. The molecule has 0 radical (unpaired) electrons. The summed E-state index contributed by atoms with van der Waals surface area (Å²) < 4.78 is 5.21. The van der Waals surface area contributed by atoms with E-state index in [1.165, 1.54) is 0 Å². The highest BCUT2D eigenvalue weighted by Crippen LogP contribution is 2.09. The van der Waals surface area contributed by atoms with Crippen LogP contribution in [0, 0.1) is 0 Å². The van der Waals surface area contributed by atoms with Gasteiger partial charge in [-0.1, -0.05) is 0 Å². The maximum atomic E-state index is 5.21. The van der Waals surface area contributed by atoms with E-state index in [1.807, 2.05) is 18.2 Å². The minimum absolute atomic E-state index is 0.252. The molecule has 0 aliphatic heterocycles. The molecule has 2 rings (SSSR count). The molecular formula is C10H13N3O. The van der Waals surface area contributed by atoms with Crippen molar-refractivity contribution in [2.75, 3.05) is 0 Å². The normalized spacial score (nSPS) is 12.9. The largest absolute Gasteiger partial charge is 0.468 e. The van der Waals surface area contributed by atoms with E-state index in [2.05, 4.69) is 22.4 Å². The molecular weight excluding hydrogens is 178 g/mol. The van der Waals surface area contributed by atoms with Crippen molar-refractivity contribution >= 4 is 0 Å². The Hall–Kier alpha value is -1.55. The van der Waals surface area contributed by atoms with Gasteiger partial charge in [0.25, 0.3) is 0 Å². The van der Waals surface area contributed by atoms with Gasteiger partial charge in [-0.05, 0) is 25.1 Å². The second-order valence-corrected chi connectivity index (χ2v) is 3.19. The number of hydrogen-bond acceptors (Lipinski definition) is 3. The van der Waals surface area contributed by atoms with Gasteiger partial charge in [-0.2, -0.15) is 5.10 Å². The fourth-order valence-electron chi connectivity index (χ4n) is 1.28. The van der Waals surface area contributed by atoms with E-state index >= 15 is 0 Å². The lowest BCUT2D eigenvalue weighted by molar-refractivity contribution is 0.457. The van der Waals surface area contributed by atoms with E-state index < -0.39 is 0 Å². The molecule has 0 amide bonds. The molecule has 74 valence electrons. The van der Waals surface area contributed by atoms with Crippen molar-refractivity contribution in [3.8, 4) is 0 Å². The predicted molar refractivity (Wildman–Crippen MR) is 52.6 cm³/mol. The zero-order valence-corrected chi connectivity index (χ0v) is 8.03. The Balaban J connectivity index is 1.87. The van der Waals surface area contributed by atoms with Gasteiger partial charge in [0.05, 0.1) is 18.5 Å². The number of aromatic amines is 1. The van der Waals surface area contributed by atoms with Gasteiger partial charge >= 0.3 is 0 Å². The maximum absolute atomic E-state index is 5.21. The van der Waals surface area contributed by atoms with Gasteiger partial charge in [-0.25, -0.2) is 0 Å². The average molecular weight is 191 g/mol. The Morgan fingerprint density at radius 2 is 2.50 bits per heavy atom. The lowest BCUT2D eigenvalue weighted by Crippen LogP contribution is -2.18. The molecule has 0 saturated heterocycles. The topological polar surface area (TPSA) is 53.9 Å². The number of hydrogen-bond donors (Lipinski definition) is 2. The van der Waals surface area contributed by atoms with Crippen LogP contribution in [0.15, 0.2) is 35.1 Å².